The van der Waals surface area contributed by atoms with Crippen molar-refractivity contribution in [3.63, 3.8) is 0 Å². The topological polar surface area (TPSA) is 33.1 Å². The summed E-state index contributed by atoms with van der Waals surface area (Å²) in [5, 5.41) is 7.98. The van der Waals surface area contributed by atoms with Crippen LogP contribution in [0.25, 0.3) is 0 Å². The quantitative estimate of drug-likeness (QED) is 0.919. The Morgan fingerprint density at radius 2 is 2.18 bits per heavy atom. The lowest BCUT2D eigenvalue weighted by Crippen LogP contribution is -2.28. The maximum absolute atomic E-state index is 4.55. The van der Waals surface area contributed by atoms with Gasteiger partial charge in [0.1, 0.15) is 0 Å². The number of aryl methyl sites for hydroxylation is 2. The van der Waals surface area contributed by atoms with Crippen molar-refractivity contribution in [1.82, 2.24) is 20.0 Å². The van der Waals surface area contributed by atoms with Crippen LogP contribution in [0.2, 0.25) is 0 Å². The average molecular weight is 301 g/mol. The molecule has 0 atom stereocenters. The molecule has 0 unspecified atom stereocenters. The Balaban J connectivity index is 2.09. The summed E-state index contributed by atoms with van der Waals surface area (Å²) < 4.78 is 3.21. The second-order valence-corrected chi connectivity index (χ2v) is 5.36. The normalized spacial score (nSPS) is 18.3. The highest BCUT2D eigenvalue weighted by Gasteiger charge is 2.16. The van der Waals surface area contributed by atoms with Crippen molar-refractivity contribution >= 4 is 15.9 Å². The Morgan fingerprint density at radius 3 is 2.88 bits per heavy atom. The molecule has 1 aromatic heterocycles. The number of nitrogens with one attached hydrogen (secondary N) is 1. The lowest BCUT2D eigenvalue weighted by molar-refractivity contribution is 0.276. The van der Waals surface area contributed by atoms with Gasteiger partial charge < -0.3 is 5.32 Å². The van der Waals surface area contributed by atoms with E-state index in [-0.39, 0.29) is 0 Å². The van der Waals surface area contributed by atoms with Gasteiger partial charge in [-0.1, -0.05) is 6.92 Å². The second kappa shape index (κ2) is 5.98. The van der Waals surface area contributed by atoms with Crippen molar-refractivity contribution < 1.29 is 0 Å². The minimum Gasteiger partial charge on any atom is -0.315 e. The van der Waals surface area contributed by atoms with Gasteiger partial charge in [-0.3, -0.25) is 9.58 Å². The summed E-state index contributed by atoms with van der Waals surface area (Å²) in [7, 11) is 2.04. The highest BCUT2D eigenvalue weighted by molar-refractivity contribution is 9.10. The van der Waals surface area contributed by atoms with Gasteiger partial charge in [0.15, 0.2) is 0 Å². The predicted octanol–water partition coefficient (Wildman–Crippen LogP) is 1.54. The zero-order chi connectivity index (χ0) is 12.3. The van der Waals surface area contributed by atoms with Crippen LogP contribution >= 0.6 is 15.9 Å². The van der Waals surface area contributed by atoms with Crippen LogP contribution in [-0.2, 0) is 20.0 Å². The molecule has 2 rings (SSSR count). The largest absolute Gasteiger partial charge is 0.315 e. The van der Waals surface area contributed by atoms with E-state index < -0.39 is 0 Å². The van der Waals surface area contributed by atoms with Gasteiger partial charge in [-0.2, -0.15) is 5.10 Å². The van der Waals surface area contributed by atoms with Crippen molar-refractivity contribution in [3.8, 4) is 0 Å². The Labute approximate surface area is 111 Å². The average Bonchev–Trinajstić information content (AvgIpc) is 2.53. The third-order valence-electron chi connectivity index (χ3n) is 3.31. The van der Waals surface area contributed by atoms with Gasteiger partial charge >= 0.3 is 0 Å². The van der Waals surface area contributed by atoms with E-state index in [9.17, 15) is 0 Å². The number of halogens is 1. The molecule has 1 aliphatic heterocycles. The van der Waals surface area contributed by atoms with E-state index >= 15 is 0 Å². The Kier molecular flexibility index (Phi) is 4.59. The van der Waals surface area contributed by atoms with E-state index in [1.54, 1.807) is 0 Å². The highest BCUT2D eigenvalue weighted by Crippen LogP contribution is 2.23. The third kappa shape index (κ3) is 3.09. The van der Waals surface area contributed by atoms with E-state index in [0.717, 1.165) is 38.3 Å². The molecule has 5 heteroatoms. The first-order valence-corrected chi connectivity index (χ1v) is 7.15. The smallest absolute Gasteiger partial charge is 0.0767 e. The maximum atomic E-state index is 4.55. The van der Waals surface area contributed by atoms with Crippen molar-refractivity contribution in [1.29, 1.82) is 0 Å². The molecule has 1 saturated heterocycles. The molecule has 17 heavy (non-hydrogen) atoms. The van der Waals surface area contributed by atoms with Crippen molar-refractivity contribution in [3.05, 3.63) is 15.9 Å². The zero-order valence-electron chi connectivity index (χ0n) is 10.7. The van der Waals surface area contributed by atoms with Crippen LogP contribution in [0.4, 0.5) is 0 Å². The van der Waals surface area contributed by atoms with Gasteiger partial charge in [0.25, 0.3) is 0 Å². The minimum atomic E-state index is 0.982. The molecule has 1 aliphatic rings. The molecule has 4 nitrogen and oxygen atoms in total. The minimum absolute atomic E-state index is 0.982. The molecule has 0 spiro atoms. The maximum Gasteiger partial charge on any atom is 0.0767 e. The first-order valence-electron chi connectivity index (χ1n) is 6.35. The molecular formula is C12H21BrN4. The van der Waals surface area contributed by atoms with Gasteiger partial charge in [-0.15, -0.1) is 0 Å². The van der Waals surface area contributed by atoms with E-state index in [2.05, 4.69) is 38.2 Å². The number of hydrogen-bond acceptors (Lipinski definition) is 3. The summed E-state index contributed by atoms with van der Waals surface area (Å²) in [4.78, 5) is 2.50. The lowest BCUT2D eigenvalue weighted by atomic mass is 10.3. The van der Waals surface area contributed by atoms with E-state index in [0.29, 0.717) is 0 Å². The van der Waals surface area contributed by atoms with Crippen LogP contribution in [-0.4, -0.2) is 40.9 Å². The van der Waals surface area contributed by atoms with Crippen LogP contribution < -0.4 is 5.32 Å². The standard InChI is InChI=1S/C12H21BrN4/c1-3-10-12(13)11(16(2)15-10)9-17-7-4-5-14-6-8-17/h14H,3-9H2,1-2H3. The fourth-order valence-electron chi connectivity index (χ4n) is 2.26. The summed E-state index contributed by atoms with van der Waals surface area (Å²) in [6.45, 7) is 7.67. The molecule has 1 N–H and O–H groups in total. The molecule has 0 amide bonds. The van der Waals surface area contributed by atoms with Gasteiger partial charge in [-0.25, -0.2) is 0 Å². The van der Waals surface area contributed by atoms with Crippen LogP contribution in [0.5, 0.6) is 0 Å². The monoisotopic (exact) mass is 300 g/mol. The highest BCUT2D eigenvalue weighted by atomic mass is 79.9. The summed E-state index contributed by atoms with van der Waals surface area (Å²) in [6, 6.07) is 0. The van der Waals surface area contributed by atoms with Gasteiger partial charge in [0.2, 0.25) is 0 Å². The van der Waals surface area contributed by atoms with Gasteiger partial charge in [-0.05, 0) is 41.9 Å². The van der Waals surface area contributed by atoms with Crippen molar-refractivity contribution in [2.75, 3.05) is 26.2 Å². The first-order chi connectivity index (χ1) is 8.22. The van der Waals surface area contributed by atoms with E-state index in [1.807, 2.05) is 11.7 Å². The third-order valence-corrected chi connectivity index (χ3v) is 4.22. The number of rotatable bonds is 3. The fraction of sp³-hybridized carbons (Fsp3) is 0.750. The Morgan fingerprint density at radius 1 is 1.35 bits per heavy atom. The molecule has 0 aliphatic carbocycles. The van der Waals surface area contributed by atoms with Gasteiger partial charge in [0, 0.05) is 26.7 Å². The number of hydrogen-bond donors (Lipinski definition) is 1. The summed E-state index contributed by atoms with van der Waals surface area (Å²) >= 11 is 3.68. The van der Waals surface area contributed by atoms with Crippen molar-refractivity contribution in [2.45, 2.75) is 26.3 Å². The molecule has 1 aromatic rings. The lowest BCUT2D eigenvalue weighted by Gasteiger charge is -2.19. The molecular weight excluding hydrogens is 280 g/mol. The van der Waals surface area contributed by atoms with E-state index in [1.165, 1.54) is 23.1 Å². The molecule has 1 fully saturated rings. The SMILES string of the molecule is CCc1nn(C)c(CN2CCCNCC2)c1Br. The first kappa shape index (κ1) is 13.1. The number of nitrogens with zero attached hydrogens (tertiary/aromatic N) is 3. The summed E-state index contributed by atoms with van der Waals surface area (Å²) in [6.07, 6.45) is 2.21. The predicted molar refractivity (Wildman–Crippen MR) is 73.0 cm³/mol. The molecule has 0 bridgehead atoms. The molecule has 96 valence electrons. The molecule has 0 radical (unpaired) electrons. The molecule has 0 saturated carbocycles. The number of aromatic nitrogens is 2. The second-order valence-electron chi connectivity index (χ2n) is 4.56. The summed E-state index contributed by atoms with van der Waals surface area (Å²) in [5.74, 6) is 0. The van der Waals surface area contributed by atoms with Crippen LogP contribution in [0.15, 0.2) is 4.47 Å². The van der Waals surface area contributed by atoms with Crippen LogP contribution in [0.3, 0.4) is 0 Å². The van der Waals surface area contributed by atoms with Crippen LogP contribution in [0, 0.1) is 0 Å². The summed E-state index contributed by atoms with van der Waals surface area (Å²) in [5.41, 5.74) is 2.46. The molecule has 2 heterocycles. The Bertz CT molecular complexity index is 367. The zero-order valence-corrected chi connectivity index (χ0v) is 12.3. The van der Waals surface area contributed by atoms with E-state index in [4.69, 9.17) is 0 Å². The fourth-order valence-corrected chi connectivity index (χ4v) is 3.00. The van der Waals surface area contributed by atoms with Crippen LogP contribution in [0.1, 0.15) is 24.7 Å². The Hall–Kier alpha value is -0.390. The van der Waals surface area contributed by atoms with Gasteiger partial charge in [0.05, 0.1) is 15.9 Å². The molecule has 0 aromatic carbocycles. The van der Waals surface area contributed by atoms with Crippen molar-refractivity contribution in [2.24, 2.45) is 7.05 Å².